The molecule has 6 nitrogen and oxygen atoms in total. The highest BCUT2D eigenvalue weighted by Crippen LogP contribution is 2.30. The molecule has 178 valence electrons. The third-order valence-corrected chi connectivity index (χ3v) is 9.31. The molecule has 0 aliphatic carbocycles. The molecule has 1 amide bonds. The van der Waals surface area contributed by atoms with E-state index in [0.29, 0.717) is 38.2 Å². The van der Waals surface area contributed by atoms with Gasteiger partial charge in [-0.25, -0.2) is 8.42 Å². The summed E-state index contributed by atoms with van der Waals surface area (Å²) in [7, 11) is -3.39. The van der Waals surface area contributed by atoms with Gasteiger partial charge in [0.25, 0.3) is 5.91 Å². The first kappa shape index (κ1) is 23.9. The van der Waals surface area contributed by atoms with Crippen molar-refractivity contribution in [3.63, 3.8) is 0 Å². The number of nitrogens with zero attached hydrogens (tertiary/aromatic N) is 1. The highest BCUT2D eigenvalue weighted by Gasteiger charge is 2.39. The second kappa shape index (κ2) is 10.8. The fraction of sp³-hybridized carbons (Fsp3) is 0.500. The summed E-state index contributed by atoms with van der Waals surface area (Å²) in [6.07, 6.45) is 4.65. The Kier molecular flexibility index (Phi) is 7.83. The molecule has 2 heterocycles. The quantitative estimate of drug-likeness (QED) is 0.666. The molecule has 2 aliphatic heterocycles. The molecule has 2 atom stereocenters. The molecular weight excluding hydrogens is 436 g/mol. The molecule has 2 aromatic rings. The lowest BCUT2D eigenvalue weighted by Gasteiger charge is -2.37. The van der Waals surface area contributed by atoms with Crippen LogP contribution in [0.1, 0.15) is 60.5 Å². The fourth-order valence-corrected chi connectivity index (χ4v) is 6.89. The van der Waals surface area contributed by atoms with E-state index < -0.39 is 10.0 Å². The fourth-order valence-electron chi connectivity index (χ4n) is 4.73. The van der Waals surface area contributed by atoms with Crippen molar-refractivity contribution in [2.45, 2.75) is 69.3 Å². The van der Waals surface area contributed by atoms with Crippen LogP contribution in [-0.4, -0.2) is 49.2 Å². The SMILES string of the molecule is C[C@H]1CCC(CCc2ccccc2)S(=O)(=O)N1Cc1ccc(C(=O)NC2CCOCC2)cc1. The molecule has 2 saturated heterocycles. The zero-order valence-corrected chi connectivity index (χ0v) is 20.1. The molecule has 0 saturated carbocycles. The number of nitrogens with one attached hydrogen (secondary N) is 1. The second-order valence-electron chi connectivity index (χ2n) is 9.22. The van der Waals surface area contributed by atoms with Crippen LogP contribution in [0.4, 0.5) is 0 Å². The van der Waals surface area contributed by atoms with E-state index in [1.165, 1.54) is 5.56 Å². The number of rotatable bonds is 7. The highest BCUT2D eigenvalue weighted by molar-refractivity contribution is 7.89. The molecular formula is C26H34N2O4S. The number of hydrogen-bond acceptors (Lipinski definition) is 4. The Morgan fingerprint density at radius 2 is 1.67 bits per heavy atom. The molecule has 2 aliphatic rings. The largest absolute Gasteiger partial charge is 0.381 e. The van der Waals surface area contributed by atoms with Crippen molar-refractivity contribution >= 4 is 15.9 Å². The maximum Gasteiger partial charge on any atom is 0.251 e. The van der Waals surface area contributed by atoms with Crippen molar-refractivity contribution in [3.8, 4) is 0 Å². The first-order valence-corrected chi connectivity index (χ1v) is 13.5. The number of sulfonamides is 1. The van der Waals surface area contributed by atoms with E-state index in [9.17, 15) is 13.2 Å². The van der Waals surface area contributed by atoms with Crippen molar-refractivity contribution in [2.24, 2.45) is 0 Å². The minimum Gasteiger partial charge on any atom is -0.381 e. The van der Waals surface area contributed by atoms with Crippen molar-refractivity contribution < 1.29 is 17.9 Å². The number of ether oxygens (including phenoxy) is 1. The van der Waals surface area contributed by atoms with Crippen LogP contribution < -0.4 is 5.32 Å². The van der Waals surface area contributed by atoms with Gasteiger partial charge in [-0.3, -0.25) is 4.79 Å². The van der Waals surface area contributed by atoms with E-state index in [1.807, 2.05) is 37.3 Å². The number of benzene rings is 2. The van der Waals surface area contributed by atoms with Crippen molar-refractivity contribution in [3.05, 3.63) is 71.3 Å². The number of hydrogen-bond donors (Lipinski definition) is 1. The number of amides is 1. The van der Waals surface area contributed by atoms with Crippen molar-refractivity contribution in [2.75, 3.05) is 13.2 Å². The summed E-state index contributed by atoms with van der Waals surface area (Å²) in [5, 5.41) is 2.72. The average Bonchev–Trinajstić information content (AvgIpc) is 2.83. The molecule has 1 N–H and O–H groups in total. The summed E-state index contributed by atoms with van der Waals surface area (Å²) >= 11 is 0. The molecule has 2 aromatic carbocycles. The lowest BCUT2D eigenvalue weighted by atomic mass is 10.0. The lowest BCUT2D eigenvalue weighted by molar-refractivity contribution is 0.0696. The summed E-state index contributed by atoms with van der Waals surface area (Å²) in [6.45, 7) is 3.69. The van der Waals surface area contributed by atoms with E-state index >= 15 is 0 Å². The van der Waals surface area contributed by atoms with Crippen LogP contribution in [0.3, 0.4) is 0 Å². The Bertz CT molecular complexity index is 1020. The molecule has 0 spiro atoms. The average molecular weight is 471 g/mol. The van der Waals surface area contributed by atoms with Crippen LogP contribution in [0, 0.1) is 0 Å². The van der Waals surface area contributed by atoms with Gasteiger partial charge in [0.15, 0.2) is 0 Å². The monoisotopic (exact) mass is 470 g/mol. The molecule has 33 heavy (non-hydrogen) atoms. The van der Waals surface area contributed by atoms with Gasteiger partial charge in [-0.2, -0.15) is 4.31 Å². The van der Waals surface area contributed by atoms with E-state index in [2.05, 4.69) is 17.4 Å². The van der Waals surface area contributed by atoms with Gasteiger partial charge in [-0.1, -0.05) is 42.5 Å². The van der Waals surface area contributed by atoms with Gasteiger partial charge in [-0.05, 0) is 68.7 Å². The smallest absolute Gasteiger partial charge is 0.251 e. The number of carbonyl (C=O) groups is 1. The number of carbonyl (C=O) groups excluding carboxylic acids is 1. The zero-order chi connectivity index (χ0) is 23.3. The van der Waals surface area contributed by atoms with Gasteiger partial charge in [0, 0.05) is 37.4 Å². The van der Waals surface area contributed by atoms with Gasteiger partial charge in [0.05, 0.1) is 5.25 Å². The Hall–Kier alpha value is -2.22. The van der Waals surface area contributed by atoms with Gasteiger partial charge in [0.2, 0.25) is 10.0 Å². The molecule has 7 heteroatoms. The van der Waals surface area contributed by atoms with Crippen LogP contribution in [0.25, 0.3) is 0 Å². The normalized spacial score (nSPS) is 23.8. The molecule has 0 bridgehead atoms. The first-order valence-electron chi connectivity index (χ1n) is 12.0. The molecule has 0 radical (unpaired) electrons. The number of aryl methyl sites for hydroxylation is 1. The Morgan fingerprint density at radius 3 is 2.36 bits per heavy atom. The van der Waals surface area contributed by atoms with E-state index in [4.69, 9.17) is 4.74 Å². The van der Waals surface area contributed by atoms with Gasteiger partial charge in [-0.15, -0.1) is 0 Å². The molecule has 2 fully saturated rings. The summed E-state index contributed by atoms with van der Waals surface area (Å²) in [5.41, 5.74) is 2.67. The van der Waals surface area contributed by atoms with Crippen LogP contribution in [-0.2, 0) is 27.7 Å². The van der Waals surface area contributed by atoms with Crippen LogP contribution >= 0.6 is 0 Å². The summed E-state index contributed by atoms with van der Waals surface area (Å²) < 4.78 is 33.8. The van der Waals surface area contributed by atoms with Crippen LogP contribution in [0.15, 0.2) is 54.6 Å². The van der Waals surface area contributed by atoms with E-state index in [-0.39, 0.29) is 23.2 Å². The third-order valence-electron chi connectivity index (χ3n) is 6.86. The van der Waals surface area contributed by atoms with Crippen molar-refractivity contribution in [1.29, 1.82) is 0 Å². The Labute approximate surface area is 197 Å². The molecule has 1 unspecified atom stereocenters. The molecule has 0 aromatic heterocycles. The van der Waals surface area contributed by atoms with Gasteiger partial charge < -0.3 is 10.1 Å². The predicted octanol–water partition coefficient (Wildman–Crippen LogP) is 3.91. The minimum absolute atomic E-state index is 0.0283. The highest BCUT2D eigenvalue weighted by atomic mass is 32.2. The second-order valence-corrected chi connectivity index (χ2v) is 11.4. The zero-order valence-electron chi connectivity index (χ0n) is 19.3. The maximum atomic E-state index is 13.4. The van der Waals surface area contributed by atoms with E-state index in [0.717, 1.165) is 31.2 Å². The third kappa shape index (κ3) is 6.02. The maximum absolute atomic E-state index is 13.4. The summed E-state index contributed by atoms with van der Waals surface area (Å²) in [5.74, 6) is -0.0895. The first-order chi connectivity index (χ1) is 15.9. The summed E-state index contributed by atoms with van der Waals surface area (Å²) in [4.78, 5) is 12.5. The van der Waals surface area contributed by atoms with Crippen molar-refractivity contribution in [1.82, 2.24) is 9.62 Å². The van der Waals surface area contributed by atoms with E-state index in [1.54, 1.807) is 16.4 Å². The van der Waals surface area contributed by atoms with Crippen LogP contribution in [0.2, 0.25) is 0 Å². The summed E-state index contributed by atoms with van der Waals surface area (Å²) in [6, 6.07) is 17.5. The molecule has 4 rings (SSSR count). The van der Waals surface area contributed by atoms with Gasteiger partial charge >= 0.3 is 0 Å². The Morgan fingerprint density at radius 1 is 0.970 bits per heavy atom. The standard InChI is InChI=1S/C26H34N2O4S/c1-20-7-13-25(14-10-21-5-3-2-4-6-21)33(30,31)28(20)19-22-8-11-23(12-9-22)26(29)27-24-15-17-32-18-16-24/h2-6,8-9,11-12,20,24-25H,7,10,13-19H2,1H3,(H,27,29)/t20-,25?/m0/s1. The lowest BCUT2D eigenvalue weighted by Crippen LogP contribution is -2.48. The predicted molar refractivity (Wildman–Crippen MR) is 129 cm³/mol. The topological polar surface area (TPSA) is 75.7 Å². The van der Waals surface area contributed by atoms with Gasteiger partial charge in [0.1, 0.15) is 0 Å². The minimum atomic E-state index is -3.39. The van der Waals surface area contributed by atoms with Crippen LogP contribution in [0.5, 0.6) is 0 Å². The Balaban J connectivity index is 1.38.